The minimum absolute atomic E-state index is 0.286. The lowest BCUT2D eigenvalue weighted by Gasteiger charge is -2.13. The lowest BCUT2D eigenvalue weighted by atomic mass is 10.3. The lowest BCUT2D eigenvalue weighted by molar-refractivity contribution is 0.291. The first-order valence-electron chi connectivity index (χ1n) is 9.11. The van der Waals surface area contributed by atoms with Crippen LogP contribution < -0.4 is 9.05 Å². The van der Waals surface area contributed by atoms with Crippen molar-refractivity contribution in [1.82, 2.24) is 0 Å². The van der Waals surface area contributed by atoms with Gasteiger partial charge in [-0.15, -0.1) is 0 Å². The number of para-hydroxylation sites is 3. The summed E-state index contributed by atoms with van der Waals surface area (Å²) in [4.78, 5) is 9.53. The SMILES string of the molecule is O=P(O)(Oc1ccccc1)Oc1ccccc1.Oc1ccccc1.c1ccccc1. The van der Waals surface area contributed by atoms with Gasteiger partial charge in [-0.2, -0.15) is 0 Å². The summed E-state index contributed by atoms with van der Waals surface area (Å²) >= 11 is 0. The zero-order chi connectivity index (χ0) is 21.5. The lowest BCUT2D eigenvalue weighted by Crippen LogP contribution is -1.99. The number of hydrogen-bond donors (Lipinski definition) is 2. The van der Waals surface area contributed by atoms with Gasteiger partial charge in [0, 0.05) is 0 Å². The first-order valence-corrected chi connectivity index (χ1v) is 10.6. The van der Waals surface area contributed by atoms with Gasteiger partial charge in [-0.05, 0) is 36.4 Å². The van der Waals surface area contributed by atoms with E-state index in [0.717, 1.165) is 0 Å². The topological polar surface area (TPSA) is 76.0 Å². The average Bonchev–Trinajstić information content (AvgIpc) is 2.77. The third-order valence-electron chi connectivity index (χ3n) is 3.35. The van der Waals surface area contributed by atoms with Gasteiger partial charge in [0.1, 0.15) is 17.2 Å². The fraction of sp³-hybridized carbons (Fsp3) is 0. The zero-order valence-corrected chi connectivity index (χ0v) is 17.1. The molecule has 0 aliphatic carbocycles. The van der Waals surface area contributed by atoms with E-state index in [1.54, 1.807) is 84.9 Å². The molecule has 0 saturated carbocycles. The molecular weight excluding hydrogens is 399 g/mol. The summed E-state index contributed by atoms with van der Waals surface area (Å²) in [5.74, 6) is 0.894. The Morgan fingerprint density at radius 2 is 0.767 bits per heavy atom. The van der Waals surface area contributed by atoms with Gasteiger partial charge in [0.15, 0.2) is 0 Å². The van der Waals surface area contributed by atoms with Crippen LogP contribution in [0.5, 0.6) is 17.2 Å². The van der Waals surface area contributed by atoms with Crippen LogP contribution in [-0.4, -0.2) is 10.00 Å². The molecule has 4 rings (SSSR count). The summed E-state index contributed by atoms with van der Waals surface area (Å²) in [6.07, 6.45) is 0. The Hall–Kier alpha value is -3.53. The monoisotopic (exact) mass is 422 g/mol. The smallest absolute Gasteiger partial charge is 0.508 e. The van der Waals surface area contributed by atoms with Crippen LogP contribution in [0.15, 0.2) is 127 Å². The Morgan fingerprint density at radius 3 is 1.03 bits per heavy atom. The summed E-state index contributed by atoms with van der Waals surface area (Å²) in [6, 6.07) is 37.4. The minimum atomic E-state index is -4.14. The van der Waals surface area contributed by atoms with Gasteiger partial charge >= 0.3 is 7.82 Å². The normalized spacial score (nSPS) is 9.77. The van der Waals surface area contributed by atoms with Crippen molar-refractivity contribution in [2.75, 3.05) is 0 Å². The molecule has 0 heterocycles. The summed E-state index contributed by atoms with van der Waals surface area (Å²) in [5.41, 5.74) is 0. The van der Waals surface area contributed by atoms with Crippen molar-refractivity contribution in [2.45, 2.75) is 0 Å². The van der Waals surface area contributed by atoms with Crippen LogP contribution in [0.4, 0.5) is 0 Å². The molecule has 0 aliphatic rings. The molecule has 0 bridgehead atoms. The molecule has 0 saturated heterocycles. The molecule has 6 heteroatoms. The van der Waals surface area contributed by atoms with Crippen molar-refractivity contribution >= 4 is 7.82 Å². The predicted octanol–water partition coefficient (Wildman–Crippen LogP) is 6.32. The Labute approximate surface area is 176 Å². The van der Waals surface area contributed by atoms with E-state index in [1.165, 1.54) is 0 Å². The van der Waals surface area contributed by atoms with Gasteiger partial charge in [-0.3, -0.25) is 4.89 Å². The van der Waals surface area contributed by atoms with E-state index >= 15 is 0 Å². The first kappa shape index (κ1) is 22.8. The van der Waals surface area contributed by atoms with E-state index in [-0.39, 0.29) is 11.5 Å². The highest BCUT2D eigenvalue weighted by molar-refractivity contribution is 7.48. The number of phosphoric acid groups is 1. The Morgan fingerprint density at radius 1 is 0.500 bits per heavy atom. The van der Waals surface area contributed by atoms with E-state index in [4.69, 9.17) is 14.2 Å². The molecular formula is C24H23O5P. The van der Waals surface area contributed by atoms with Crippen molar-refractivity contribution in [2.24, 2.45) is 0 Å². The van der Waals surface area contributed by atoms with Crippen LogP contribution in [-0.2, 0) is 4.57 Å². The van der Waals surface area contributed by atoms with Gasteiger partial charge < -0.3 is 14.2 Å². The number of aromatic hydroxyl groups is 1. The Kier molecular flexibility index (Phi) is 9.74. The van der Waals surface area contributed by atoms with Crippen LogP contribution in [0.25, 0.3) is 0 Å². The zero-order valence-electron chi connectivity index (χ0n) is 16.2. The molecule has 0 amide bonds. The predicted molar refractivity (Wildman–Crippen MR) is 119 cm³/mol. The average molecular weight is 422 g/mol. The number of phenols is 1. The van der Waals surface area contributed by atoms with Crippen LogP contribution in [0.1, 0.15) is 0 Å². The minimum Gasteiger partial charge on any atom is -0.508 e. The number of phosphoric ester groups is 1. The molecule has 0 aliphatic heterocycles. The Bertz CT molecular complexity index is 909. The van der Waals surface area contributed by atoms with Crippen molar-refractivity contribution in [3.05, 3.63) is 127 Å². The molecule has 30 heavy (non-hydrogen) atoms. The molecule has 0 spiro atoms. The largest absolute Gasteiger partial charge is 0.584 e. The third-order valence-corrected chi connectivity index (χ3v) is 4.23. The molecule has 2 N–H and O–H groups in total. The molecule has 0 unspecified atom stereocenters. The van der Waals surface area contributed by atoms with Gasteiger partial charge in [0.25, 0.3) is 0 Å². The number of hydrogen-bond acceptors (Lipinski definition) is 4. The van der Waals surface area contributed by atoms with E-state index in [1.807, 2.05) is 42.5 Å². The van der Waals surface area contributed by atoms with Crippen molar-refractivity contribution in [1.29, 1.82) is 0 Å². The van der Waals surface area contributed by atoms with Gasteiger partial charge in [0.05, 0.1) is 0 Å². The molecule has 5 nitrogen and oxygen atoms in total. The van der Waals surface area contributed by atoms with E-state index in [9.17, 15) is 9.46 Å². The van der Waals surface area contributed by atoms with Crippen molar-refractivity contribution in [3.8, 4) is 17.2 Å². The maximum Gasteiger partial charge on any atom is 0.584 e. The first-order chi connectivity index (χ1) is 14.6. The highest BCUT2D eigenvalue weighted by Gasteiger charge is 2.24. The van der Waals surface area contributed by atoms with E-state index in [0.29, 0.717) is 5.75 Å². The highest BCUT2D eigenvalue weighted by atomic mass is 31.2. The quantitative estimate of drug-likeness (QED) is 0.376. The summed E-state index contributed by atoms with van der Waals surface area (Å²) in [5, 5.41) is 8.63. The maximum atomic E-state index is 11.7. The van der Waals surface area contributed by atoms with E-state index in [2.05, 4.69) is 0 Å². The number of phenolic OH excluding ortho intramolecular Hbond substituents is 1. The second-order valence-corrected chi connectivity index (χ2v) is 7.07. The van der Waals surface area contributed by atoms with Gasteiger partial charge in [0.2, 0.25) is 0 Å². The third kappa shape index (κ3) is 10.1. The molecule has 0 atom stereocenters. The summed E-state index contributed by atoms with van der Waals surface area (Å²) in [7, 11) is -4.14. The molecule has 4 aromatic carbocycles. The molecule has 0 aromatic heterocycles. The fourth-order valence-corrected chi connectivity index (χ4v) is 2.87. The van der Waals surface area contributed by atoms with Crippen LogP contribution >= 0.6 is 7.82 Å². The standard InChI is InChI=1S/C12H11O4P.C6H6O.C6H6/c13-17(14,15-11-7-3-1-4-8-11)16-12-9-5-2-6-10-12;7-6-4-2-1-3-5-6;1-2-4-6-5-3-1/h1-10H,(H,13,14);1-5,7H;1-6H. The maximum absolute atomic E-state index is 11.7. The molecule has 154 valence electrons. The molecule has 4 aromatic rings. The van der Waals surface area contributed by atoms with Crippen molar-refractivity contribution < 1.29 is 23.6 Å². The summed E-state index contributed by atoms with van der Waals surface area (Å²) in [6.45, 7) is 0. The number of benzene rings is 4. The van der Waals surface area contributed by atoms with E-state index < -0.39 is 7.82 Å². The number of rotatable bonds is 4. The molecule has 0 radical (unpaired) electrons. The van der Waals surface area contributed by atoms with Crippen LogP contribution in [0.2, 0.25) is 0 Å². The van der Waals surface area contributed by atoms with Gasteiger partial charge in [-0.25, -0.2) is 4.57 Å². The van der Waals surface area contributed by atoms with Crippen molar-refractivity contribution in [3.63, 3.8) is 0 Å². The summed E-state index contributed by atoms with van der Waals surface area (Å²) < 4.78 is 21.5. The fourth-order valence-electron chi connectivity index (χ4n) is 2.06. The van der Waals surface area contributed by atoms with Crippen LogP contribution in [0, 0.1) is 0 Å². The van der Waals surface area contributed by atoms with Crippen LogP contribution in [0.3, 0.4) is 0 Å². The second-order valence-electron chi connectivity index (χ2n) is 5.77. The Balaban J connectivity index is 0.000000200. The highest BCUT2D eigenvalue weighted by Crippen LogP contribution is 2.44. The van der Waals surface area contributed by atoms with Gasteiger partial charge in [-0.1, -0.05) is 91.0 Å². The molecule has 0 fully saturated rings. The second kappa shape index (κ2) is 12.8.